The van der Waals surface area contributed by atoms with E-state index < -0.39 is 5.82 Å². The second-order valence-corrected chi connectivity index (χ2v) is 6.52. The van der Waals surface area contributed by atoms with Crippen molar-refractivity contribution >= 4 is 17.5 Å². The van der Waals surface area contributed by atoms with E-state index in [1.54, 1.807) is 23.4 Å². The highest BCUT2D eigenvalue weighted by Gasteiger charge is 2.22. The molecule has 0 atom stereocenters. The van der Waals surface area contributed by atoms with Gasteiger partial charge in [0.2, 0.25) is 0 Å². The number of hydrogen-bond donors (Lipinski definition) is 1. The zero-order valence-corrected chi connectivity index (χ0v) is 15.4. The Morgan fingerprint density at radius 1 is 1.14 bits per heavy atom. The first-order valence-electron chi connectivity index (χ1n) is 9.00. The van der Waals surface area contributed by atoms with E-state index in [-0.39, 0.29) is 11.8 Å². The molecule has 3 aromatic heterocycles. The Bertz CT molecular complexity index is 982. The number of aromatic nitrogens is 4. The highest BCUT2D eigenvalue weighted by Crippen LogP contribution is 2.20. The predicted octanol–water partition coefficient (Wildman–Crippen LogP) is 2.46. The second kappa shape index (κ2) is 7.63. The van der Waals surface area contributed by atoms with Crippen LogP contribution in [0.25, 0.3) is 5.82 Å². The van der Waals surface area contributed by atoms with Crippen LogP contribution in [0.4, 0.5) is 20.7 Å². The maximum Gasteiger partial charge on any atom is 0.323 e. The fourth-order valence-corrected chi connectivity index (χ4v) is 3.21. The lowest BCUT2D eigenvalue weighted by Gasteiger charge is -2.36. The summed E-state index contributed by atoms with van der Waals surface area (Å²) in [6.07, 6.45) is 6.67. The van der Waals surface area contributed by atoms with Gasteiger partial charge in [-0.15, -0.1) is 5.10 Å². The quantitative estimate of drug-likeness (QED) is 0.754. The first-order valence-corrected chi connectivity index (χ1v) is 9.00. The van der Waals surface area contributed by atoms with E-state index in [1.165, 1.54) is 23.0 Å². The maximum atomic E-state index is 13.8. The maximum absolute atomic E-state index is 13.8. The fourth-order valence-electron chi connectivity index (χ4n) is 3.21. The van der Waals surface area contributed by atoms with E-state index in [9.17, 15) is 9.18 Å². The Kier molecular flexibility index (Phi) is 4.88. The zero-order chi connectivity index (χ0) is 19.5. The molecule has 0 spiro atoms. The molecule has 1 N–H and O–H groups in total. The number of piperazine rings is 1. The second-order valence-electron chi connectivity index (χ2n) is 6.52. The van der Waals surface area contributed by atoms with E-state index in [0.717, 1.165) is 24.3 Å². The lowest BCUT2D eigenvalue weighted by atomic mass is 10.2. The molecule has 2 amide bonds. The molecule has 4 heterocycles. The number of pyridine rings is 2. The van der Waals surface area contributed by atoms with Gasteiger partial charge in [0.25, 0.3) is 0 Å². The Hall–Kier alpha value is -3.49. The molecule has 1 saturated heterocycles. The first kappa shape index (κ1) is 17.9. The van der Waals surface area contributed by atoms with Crippen LogP contribution in [0.1, 0.15) is 5.56 Å². The van der Waals surface area contributed by atoms with Crippen LogP contribution in [0.5, 0.6) is 0 Å². The van der Waals surface area contributed by atoms with Crippen molar-refractivity contribution in [3.8, 4) is 5.82 Å². The van der Waals surface area contributed by atoms with Crippen molar-refractivity contribution in [2.45, 2.75) is 6.92 Å². The minimum Gasteiger partial charge on any atom is -0.368 e. The summed E-state index contributed by atoms with van der Waals surface area (Å²) in [6.45, 7) is 4.71. The predicted molar refractivity (Wildman–Crippen MR) is 103 cm³/mol. The van der Waals surface area contributed by atoms with Crippen molar-refractivity contribution in [1.82, 2.24) is 24.6 Å². The molecule has 0 saturated carbocycles. The number of amides is 2. The van der Waals surface area contributed by atoms with Gasteiger partial charge in [-0.1, -0.05) is 0 Å². The normalized spacial score (nSPS) is 14.2. The SMILES string of the molecule is Cc1cnccc1N1CCN(C(=O)Nc2ccn(-c3ncccc3F)n2)CC1. The highest BCUT2D eigenvalue weighted by molar-refractivity contribution is 5.88. The van der Waals surface area contributed by atoms with Gasteiger partial charge in [-0.2, -0.15) is 0 Å². The Morgan fingerprint density at radius 3 is 2.71 bits per heavy atom. The molecule has 0 unspecified atom stereocenters. The first-order chi connectivity index (χ1) is 13.6. The molecule has 0 radical (unpaired) electrons. The zero-order valence-electron chi connectivity index (χ0n) is 15.4. The van der Waals surface area contributed by atoms with Gasteiger partial charge < -0.3 is 9.80 Å². The third-order valence-electron chi connectivity index (χ3n) is 4.68. The van der Waals surface area contributed by atoms with E-state index in [2.05, 4.69) is 25.3 Å². The summed E-state index contributed by atoms with van der Waals surface area (Å²) in [5, 5.41) is 6.95. The van der Waals surface area contributed by atoms with Gasteiger partial charge in [-0.25, -0.2) is 18.9 Å². The van der Waals surface area contributed by atoms with Crippen LogP contribution < -0.4 is 10.2 Å². The standard InChI is InChI=1S/C19H20FN7O/c1-14-13-21-7-4-16(14)25-9-11-26(12-10-25)19(28)23-17-5-8-27(24-17)18-15(20)3-2-6-22-18/h2-8,13H,9-12H2,1H3,(H,23,24,28). The highest BCUT2D eigenvalue weighted by atomic mass is 19.1. The van der Waals surface area contributed by atoms with Gasteiger partial charge in [0.1, 0.15) is 0 Å². The molecular weight excluding hydrogens is 361 g/mol. The van der Waals surface area contributed by atoms with Gasteiger partial charge in [-0.3, -0.25) is 10.3 Å². The molecule has 1 fully saturated rings. The summed E-state index contributed by atoms with van der Waals surface area (Å²) in [5.41, 5.74) is 2.26. The van der Waals surface area contributed by atoms with Gasteiger partial charge in [-0.05, 0) is 30.7 Å². The van der Waals surface area contributed by atoms with Crippen LogP contribution in [0.15, 0.2) is 49.1 Å². The van der Waals surface area contributed by atoms with E-state index >= 15 is 0 Å². The van der Waals surface area contributed by atoms with Gasteiger partial charge >= 0.3 is 6.03 Å². The number of rotatable bonds is 3. The van der Waals surface area contributed by atoms with Crippen molar-refractivity contribution in [1.29, 1.82) is 0 Å². The van der Waals surface area contributed by atoms with Gasteiger partial charge in [0.05, 0.1) is 0 Å². The van der Waals surface area contributed by atoms with E-state index in [0.29, 0.717) is 18.9 Å². The fraction of sp³-hybridized carbons (Fsp3) is 0.263. The average Bonchev–Trinajstić information content (AvgIpc) is 3.17. The molecule has 144 valence electrons. The van der Waals surface area contributed by atoms with Crippen LogP contribution in [-0.2, 0) is 0 Å². The summed E-state index contributed by atoms with van der Waals surface area (Å²) >= 11 is 0. The van der Waals surface area contributed by atoms with Crippen LogP contribution >= 0.6 is 0 Å². The molecule has 0 aromatic carbocycles. The third-order valence-corrected chi connectivity index (χ3v) is 4.68. The number of aryl methyl sites for hydroxylation is 1. The molecular formula is C19H20FN7O. The number of urea groups is 1. The van der Waals surface area contributed by atoms with Gasteiger partial charge in [0, 0.05) is 62.7 Å². The number of nitrogens with one attached hydrogen (secondary N) is 1. The van der Waals surface area contributed by atoms with Crippen molar-refractivity contribution in [2.24, 2.45) is 0 Å². The lowest BCUT2D eigenvalue weighted by molar-refractivity contribution is 0.208. The number of hydrogen-bond acceptors (Lipinski definition) is 5. The number of nitrogens with zero attached hydrogens (tertiary/aromatic N) is 6. The van der Waals surface area contributed by atoms with Crippen LogP contribution in [0.2, 0.25) is 0 Å². The van der Waals surface area contributed by atoms with Crippen LogP contribution in [0, 0.1) is 12.7 Å². The minimum atomic E-state index is -0.481. The molecule has 4 rings (SSSR count). The van der Waals surface area contributed by atoms with Crippen molar-refractivity contribution in [3.63, 3.8) is 0 Å². The van der Waals surface area contributed by atoms with Crippen molar-refractivity contribution in [3.05, 3.63) is 60.4 Å². The topological polar surface area (TPSA) is 79.2 Å². The van der Waals surface area contributed by atoms with Crippen molar-refractivity contribution in [2.75, 3.05) is 36.4 Å². The molecule has 8 nitrogen and oxygen atoms in total. The number of carbonyl (C=O) groups is 1. The molecule has 0 bridgehead atoms. The molecule has 28 heavy (non-hydrogen) atoms. The lowest BCUT2D eigenvalue weighted by Crippen LogP contribution is -2.50. The third kappa shape index (κ3) is 3.64. The number of carbonyl (C=O) groups excluding carboxylic acids is 1. The minimum absolute atomic E-state index is 0.0873. The largest absolute Gasteiger partial charge is 0.368 e. The summed E-state index contributed by atoms with van der Waals surface area (Å²) in [4.78, 5) is 24.6. The molecule has 1 aliphatic heterocycles. The summed E-state index contributed by atoms with van der Waals surface area (Å²) in [6, 6.07) is 6.21. The molecule has 0 aliphatic carbocycles. The summed E-state index contributed by atoms with van der Waals surface area (Å²) < 4.78 is 15.1. The van der Waals surface area contributed by atoms with Crippen LogP contribution in [-0.4, -0.2) is 56.9 Å². The summed E-state index contributed by atoms with van der Waals surface area (Å²) in [5.74, 6) is -0.0437. The number of anilines is 2. The number of halogens is 1. The van der Waals surface area contributed by atoms with Crippen molar-refractivity contribution < 1.29 is 9.18 Å². The van der Waals surface area contributed by atoms with E-state index in [1.807, 2.05) is 19.2 Å². The Labute approximate surface area is 161 Å². The van der Waals surface area contributed by atoms with E-state index in [4.69, 9.17) is 0 Å². The summed E-state index contributed by atoms with van der Waals surface area (Å²) in [7, 11) is 0. The smallest absolute Gasteiger partial charge is 0.323 e. The molecule has 1 aliphatic rings. The van der Waals surface area contributed by atoms with Gasteiger partial charge in [0.15, 0.2) is 17.5 Å². The average molecular weight is 381 g/mol. The Balaban J connectivity index is 1.37. The van der Waals surface area contributed by atoms with Crippen LogP contribution in [0.3, 0.4) is 0 Å². The Morgan fingerprint density at radius 2 is 1.96 bits per heavy atom. The monoisotopic (exact) mass is 381 g/mol. The molecule has 9 heteroatoms. The molecule has 3 aromatic rings.